The lowest BCUT2D eigenvalue weighted by Gasteiger charge is -2.39. The van der Waals surface area contributed by atoms with E-state index in [0.717, 1.165) is 17.7 Å². The van der Waals surface area contributed by atoms with Crippen LogP contribution in [0, 0.1) is 11.6 Å². The third-order valence-corrected chi connectivity index (χ3v) is 7.49. The molecule has 0 radical (unpaired) electrons. The van der Waals surface area contributed by atoms with Crippen LogP contribution >= 0.6 is 11.6 Å². The highest BCUT2D eigenvalue weighted by atomic mass is 35.5. The topological polar surface area (TPSA) is 89.9 Å². The van der Waals surface area contributed by atoms with Crippen LogP contribution in [0.3, 0.4) is 0 Å². The number of methoxy groups -OCH3 is 1. The average molecular weight is 570 g/mol. The van der Waals surface area contributed by atoms with Gasteiger partial charge in [-0.2, -0.15) is 0 Å². The van der Waals surface area contributed by atoms with Gasteiger partial charge in [0.2, 0.25) is 5.43 Å². The van der Waals surface area contributed by atoms with Gasteiger partial charge < -0.3 is 24.3 Å². The Kier molecular flexibility index (Phi) is 7.73. The second-order valence-corrected chi connectivity index (χ2v) is 9.98. The van der Waals surface area contributed by atoms with Crippen LogP contribution in [0.1, 0.15) is 44.9 Å². The van der Waals surface area contributed by atoms with Gasteiger partial charge in [-0.3, -0.25) is 14.4 Å². The van der Waals surface area contributed by atoms with Crippen LogP contribution in [-0.2, 0) is 17.9 Å². The zero-order valence-corrected chi connectivity index (χ0v) is 22.5. The van der Waals surface area contributed by atoms with Gasteiger partial charge in [0.15, 0.2) is 11.4 Å². The summed E-state index contributed by atoms with van der Waals surface area (Å²) < 4.78 is 41.2. The van der Waals surface area contributed by atoms with Crippen molar-refractivity contribution in [1.82, 2.24) is 14.8 Å². The molecule has 5 rings (SSSR count). The van der Waals surface area contributed by atoms with Gasteiger partial charge in [-0.15, -0.1) is 0 Å². The molecule has 3 heterocycles. The van der Waals surface area contributed by atoms with Crippen molar-refractivity contribution in [2.45, 2.75) is 38.3 Å². The fraction of sp³-hybridized carbons (Fsp3) is 0.276. The molecule has 11 heteroatoms. The standard InChI is InChI=1S/C29H26ClF2N3O5/c1-16-8-11-22(39-2)21-14-34(16)29(38)25-27(40-15-17-6-4-3-5-7-17)26(36)19(13-35(21)25)28(37)33-12-18-9-10-20(31)23(30)24(18)32/h3-11,13,16,21-22H,12,14-15H2,1-2H3,(H,33,37)/t16-,21+,22-/m0/s1. The Morgan fingerprint density at radius 2 is 1.88 bits per heavy atom. The van der Waals surface area contributed by atoms with E-state index in [0.29, 0.717) is 0 Å². The van der Waals surface area contributed by atoms with E-state index in [4.69, 9.17) is 21.1 Å². The first-order valence-electron chi connectivity index (χ1n) is 12.6. The van der Waals surface area contributed by atoms with E-state index in [2.05, 4.69) is 5.32 Å². The fourth-order valence-electron chi connectivity index (χ4n) is 4.94. The Balaban J connectivity index is 1.57. The minimum atomic E-state index is -1.01. The van der Waals surface area contributed by atoms with Gasteiger partial charge >= 0.3 is 0 Å². The van der Waals surface area contributed by atoms with Crippen molar-refractivity contribution < 1.29 is 27.8 Å². The van der Waals surface area contributed by atoms with Crippen molar-refractivity contribution in [2.24, 2.45) is 0 Å². The van der Waals surface area contributed by atoms with Gasteiger partial charge in [0.05, 0.1) is 12.1 Å². The van der Waals surface area contributed by atoms with Crippen molar-refractivity contribution in [3.8, 4) is 5.75 Å². The Morgan fingerprint density at radius 1 is 1.12 bits per heavy atom. The van der Waals surface area contributed by atoms with E-state index in [9.17, 15) is 23.2 Å². The first kappa shape index (κ1) is 27.5. The summed E-state index contributed by atoms with van der Waals surface area (Å²) in [5, 5.41) is 1.80. The maximum Gasteiger partial charge on any atom is 0.275 e. The Hall–Kier alpha value is -4.02. The summed E-state index contributed by atoms with van der Waals surface area (Å²) in [6.45, 7) is 1.76. The van der Waals surface area contributed by atoms with Crippen LogP contribution in [0.15, 0.2) is 65.6 Å². The van der Waals surface area contributed by atoms with Gasteiger partial charge in [0.25, 0.3) is 11.8 Å². The smallest absolute Gasteiger partial charge is 0.275 e. The summed E-state index contributed by atoms with van der Waals surface area (Å²) in [4.78, 5) is 42.3. The minimum Gasteiger partial charge on any atom is -0.483 e. The number of benzene rings is 2. The lowest BCUT2D eigenvalue weighted by Crippen LogP contribution is -2.49. The summed E-state index contributed by atoms with van der Waals surface area (Å²) in [5.41, 5.74) is -0.392. The zero-order chi connectivity index (χ0) is 28.6. The molecule has 0 saturated heterocycles. The molecular weight excluding hydrogens is 544 g/mol. The van der Waals surface area contributed by atoms with Crippen LogP contribution in [0.25, 0.3) is 0 Å². The van der Waals surface area contributed by atoms with E-state index in [1.807, 2.05) is 37.3 Å². The van der Waals surface area contributed by atoms with E-state index >= 15 is 0 Å². The number of pyridine rings is 1. The fourth-order valence-corrected chi connectivity index (χ4v) is 5.12. The summed E-state index contributed by atoms with van der Waals surface area (Å²) in [5.74, 6) is -3.45. The van der Waals surface area contributed by atoms with Crippen molar-refractivity contribution >= 4 is 23.4 Å². The number of nitrogens with one attached hydrogen (secondary N) is 1. The van der Waals surface area contributed by atoms with Gasteiger partial charge in [-0.25, -0.2) is 8.78 Å². The number of carbonyl (C=O) groups is 2. The van der Waals surface area contributed by atoms with Crippen molar-refractivity contribution in [1.29, 1.82) is 0 Å². The van der Waals surface area contributed by atoms with Gasteiger partial charge in [-0.1, -0.05) is 60.2 Å². The Labute approximate surface area is 233 Å². The molecule has 0 aliphatic carbocycles. The first-order chi connectivity index (χ1) is 19.2. The first-order valence-corrected chi connectivity index (χ1v) is 13.0. The van der Waals surface area contributed by atoms with E-state index in [1.165, 1.54) is 13.3 Å². The molecule has 8 nitrogen and oxygen atoms in total. The average Bonchev–Trinajstić information content (AvgIpc) is 3.10. The number of carbonyl (C=O) groups excluding carboxylic acids is 2. The number of aromatic nitrogens is 1. The lowest BCUT2D eigenvalue weighted by molar-refractivity contribution is 0.0431. The number of ether oxygens (including phenoxy) is 2. The molecule has 0 unspecified atom stereocenters. The highest BCUT2D eigenvalue weighted by Gasteiger charge is 2.41. The molecule has 0 fully saturated rings. The molecule has 3 aromatic rings. The van der Waals surface area contributed by atoms with E-state index in [1.54, 1.807) is 21.6 Å². The molecule has 0 saturated carbocycles. The molecular formula is C29H26ClF2N3O5. The molecule has 40 heavy (non-hydrogen) atoms. The van der Waals surface area contributed by atoms with Gasteiger partial charge in [0, 0.05) is 38.0 Å². The minimum absolute atomic E-state index is 0.0164. The molecule has 2 aliphatic rings. The quantitative estimate of drug-likeness (QED) is 0.339. The normalized spacial score (nSPS) is 19.7. The number of amides is 2. The predicted octanol–water partition coefficient (Wildman–Crippen LogP) is 4.26. The van der Waals surface area contributed by atoms with Crippen molar-refractivity contribution in [3.05, 3.63) is 110 Å². The molecule has 2 aromatic carbocycles. The number of hydrogen-bond acceptors (Lipinski definition) is 5. The zero-order valence-electron chi connectivity index (χ0n) is 21.7. The van der Waals surface area contributed by atoms with Crippen LogP contribution in [0.5, 0.6) is 5.75 Å². The molecule has 0 spiro atoms. The molecule has 3 atom stereocenters. The number of nitrogens with zero attached hydrogens (tertiary/aromatic N) is 2. The second kappa shape index (κ2) is 11.2. The SMILES string of the molecule is CO[C@H]1C=C[C@H](C)N2C[C@H]1n1cc(C(=O)NCc3ccc(F)c(Cl)c3F)c(=O)c(OCc3ccccc3)c1C2=O. The van der Waals surface area contributed by atoms with Gasteiger partial charge in [0.1, 0.15) is 28.8 Å². The number of halogens is 3. The highest BCUT2D eigenvalue weighted by Crippen LogP contribution is 2.34. The van der Waals surface area contributed by atoms with Crippen molar-refractivity contribution in [3.63, 3.8) is 0 Å². The third kappa shape index (κ3) is 5.00. The van der Waals surface area contributed by atoms with Crippen molar-refractivity contribution in [2.75, 3.05) is 13.7 Å². The summed E-state index contributed by atoms with van der Waals surface area (Å²) >= 11 is 5.65. The maximum atomic E-state index is 14.4. The molecule has 1 aromatic heterocycles. The van der Waals surface area contributed by atoms with Crippen LogP contribution in [0.2, 0.25) is 5.02 Å². The highest BCUT2D eigenvalue weighted by molar-refractivity contribution is 6.30. The van der Waals surface area contributed by atoms with E-state index in [-0.39, 0.29) is 48.3 Å². The third-order valence-electron chi connectivity index (χ3n) is 7.14. The summed E-state index contributed by atoms with van der Waals surface area (Å²) in [6.07, 6.45) is 4.56. The van der Waals surface area contributed by atoms with Crippen LogP contribution in [-0.4, -0.2) is 47.1 Å². The summed E-state index contributed by atoms with van der Waals surface area (Å²) in [7, 11) is 1.54. The molecule has 208 valence electrons. The van der Waals surface area contributed by atoms with Gasteiger partial charge in [-0.05, 0) is 18.6 Å². The molecule has 2 aliphatic heterocycles. The number of rotatable bonds is 7. The number of fused-ring (bicyclic) bond motifs is 4. The monoisotopic (exact) mass is 569 g/mol. The van der Waals surface area contributed by atoms with Crippen LogP contribution < -0.4 is 15.5 Å². The largest absolute Gasteiger partial charge is 0.483 e. The maximum absolute atomic E-state index is 14.4. The lowest BCUT2D eigenvalue weighted by atomic mass is 10.0. The number of hydrogen-bond donors (Lipinski definition) is 1. The Morgan fingerprint density at radius 3 is 2.60 bits per heavy atom. The molecule has 1 N–H and O–H groups in total. The second-order valence-electron chi connectivity index (χ2n) is 9.60. The van der Waals surface area contributed by atoms with Crippen LogP contribution in [0.4, 0.5) is 8.78 Å². The Bertz CT molecular complexity index is 1560. The summed E-state index contributed by atoms with van der Waals surface area (Å²) in [6, 6.07) is 10.5. The predicted molar refractivity (Wildman–Crippen MR) is 143 cm³/mol. The molecule has 2 amide bonds. The molecule has 2 bridgehead atoms. The van der Waals surface area contributed by atoms with E-state index < -0.39 is 46.0 Å².